The Morgan fingerprint density at radius 2 is 2.04 bits per heavy atom. The zero-order valence-electron chi connectivity index (χ0n) is 15.9. The van der Waals surface area contributed by atoms with Gasteiger partial charge in [0.2, 0.25) is 5.91 Å². The molecule has 4 rings (SSSR count). The summed E-state index contributed by atoms with van der Waals surface area (Å²) in [6, 6.07) is 16.1. The molecule has 1 fully saturated rings. The highest BCUT2D eigenvalue weighted by atomic mass is 35.5. The predicted octanol–water partition coefficient (Wildman–Crippen LogP) is 3.59. The number of ether oxygens (including phenoxy) is 1. The zero-order chi connectivity index (χ0) is 18.8. The summed E-state index contributed by atoms with van der Waals surface area (Å²) in [5.74, 6) is 1.83. The number of amides is 1. The molecule has 1 saturated heterocycles. The first-order chi connectivity index (χ1) is 13.1. The van der Waals surface area contributed by atoms with Gasteiger partial charge in [-0.3, -0.25) is 4.79 Å². The van der Waals surface area contributed by atoms with Crippen LogP contribution >= 0.6 is 12.4 Å². The number of nitrogens with one attached hydrogen (secondary N) is 1. The lowest BCUT2D eigenvalue weighted by molar-refractivity contribution is -0.114. The van der Waals surface area contributed by atoms with Crippen molar-refractivity contribution in [3.05, 3.63) is 59.2 Å². The maximum absolute atomic E-state index is 11.1. The number of rotatable bonds is 4. The molecule has 2 heterocycles. The Kier molecular flexibility index (Phi) is 6.23. The summed E-state index contributed by atoms with van der Waals surface area (Å²) >= 11 is 0. The van der Waals surface area contributed by atoms with Crippen molar-refractivity contribution in [3.8, 4) is 11.8 Å². The minimum Gasteiger partial charge on any atom is -0.493 e. The van der Waals surface area contributed by atoms with Crippen molar-refractivity contribution in [2.75, 3.05) is 31.6 Å². The fourth-order valence-electron chi connectivity index (χ4n) is 4.15. The van der Waals surface area contributed by atoms with Gasteiger partial charge in [0, 0.05) is 49.6 Å². The van der Waals surface area contributed by atoms with Gasteiger partial charge in [-0.25, -0.2) is 0 Å². The van der Waals surface area contributed by atoms with Gasteiger partial charge in [-0.2, -0.15) is 5.26 Å². The van der Waals surface area contributed by atoms with Crippen LogP contribution in [0.2, 0.25) is 0 Å². The topological polar surface area (TPSA) is 65.4 Å². The van der Waals surface area contributed by atoms with Gasteiger partial charge in [0.25, 0.3) is 0 Å². The van der Waals surface area contributed by atoms with E-state index in [9.17, 15) is 10.1 Å². The lowest BCUT2D eigenvalue weighted by Crippen LogP contribution is -2.25. The lowest BCUT2D eigenvalue weighted by atomic mass is 9.86. The third-order valence-electron chi connectivity index (χ3n) is 5.50. The van der Waals surface area contributed by atoms with E-state index in [0.717, 1.165) is 44.1 Å². The number of likely N-dealkylation sites (tertiary alicyclic amines) is 1. The smallest absolute Gasteiger partial charge is 0.221 e. The summed E-state index contributed by atoms with van der Waals surface area (Å²) in [5, 5.41) is 12.0. The molecule has 0 aliphatic carbocycles. The Balaban J connectivity index is 0.00000225. The van der Waals surface area contributed by atoms with Crippen LogP contribution in [0.5, 0.6) is 5.75 Å². The molecule has 0 bridgehead atoms. The Hall–Kier alpha value is -2.55. The van der Waals surface area contributed by atoms with Crippen LogP contribution in [0, 0.1) is 17.2 Å². The third-order valence-corrected chi connectivity index (χ3v) is 5.50. The number of benzene rings is 2. The molecule has 146 valence electrons. The van der Waals surface area contributed by atoms with Gasteiger partial charge >= 0.3 is 0 Å². The van der Waals surface area contributed by atoms with E-state index in [2.05, 4.69) is 28.4 Å². The Morgan fingerprint density at radius 3 is 2.75 bits per heavy atom. The molecular weight excluding hydrogens is 374 g/mol. The molecule has 2 aromatic rings. The van der Waals surface area contributed by atoms with Crippen molar-refractivity contribution in [3.63, 3.8) is 0 Å². The van der Waals surface area contributed by atoms with Gasteiger partial charge in [-0.1, -0.05) is 12.1 Å². The van der Waals surface area contributed by atoms with Gasteiger partial charge < -0.3 is 15.0 Å². The van der Waals surface area contributed by atoms with E-state index in [0.29, 0.717) is 17.4 Å². The molecule has 2 atom stereocenters. The molecule has 1 N–H and O–H groups in total. The summed E-state index contributed by atoms with van der Waals surface area (Å²) in [6.45, 7) is 5.32. The Labute approximate surface area is 171 Å². The van der Waals surface area contributed by atoms with Gasteiger partial charge in [0.05, 0.1) is 18.2 Å². The standard InChI is InChI=1S/C22H23N3O2.ClH/c1-15(26)24-19-5-2-16(3-6-19)8-9-25-12-18-14-27-22-7-4-17(11-23)10-20(22)21(18)13-25;/h2-7,10,18,21H,8-9,12-14H2,1H3,(H,24,26);1H/t18-,21+;/m1./s1. The summed E-state index contributed by atoms with van der Waals surface area (Å²) in [6.07, 6.45) is 0.978. The molecule has 0 spiro atoms. The number of hydrogen-bond donors (Lipinski definition) is 1. The highest BCUT2D eigenvalue weighted by Crippen LogP contribution is 2.41. The van der Waals surface area contributed by atoms with Crippen molar-refractivity contribution in [2.45, 2.75) is 19.3 Å². The van der Waals surface area contributed by atoms with Crippen LogP contribution in [0.4, 0.5) is 5.69 Å². The Morgan fingerprint density at radius 1 is 1.25 bits per heavy atom. The van der Waals surface area contributed by atoms with Crippen molar-refractivity contribution >= 4 is 24.0 Å². The number of fused-ring (bicyclic) bond motifs is 3. The summed E-state index contributed by atoms with van der Waals surface area (Å²) in [7, 11) is 0. The lowest BCUT2D eigenvalue weighted by Gasteiger charge is -2.27. The minimum absolute atomic E-state index is 0. The van der Waals surface area contributed by atoms with E-state index < -0.39 is 0 Å². The molecule has 1 amide bonds. The monoisotopic (exact) mass is 397 g/mol. The second kappa shape index (κ2) is 8.64. The van der Waals surface area contributed by atoms with E-state index >= 15 is 0 Å². The first-order valence-corrected chi connectivity index (χ1v) is 9.38. The largest absolute Gasteiger partial charge is 0.493 e. The van der Waals surface area contributed by atoms with Gasteiger partial charge in [0.15, 0.2) is 0 Å². The fourth-order valence-corrected chi connectivity index (χ4v) is 4.15. The first kappa shape index (κ1) is 20.2. The molecule has 5 nitrogen and oxygen atoms in total. The molecule has 0 unspecified atom stereocenters. The maximum atomic E-state index is 11.1. The van der Waals surface area contributed by atoms with Crippen LogP contribution in [-0.2, 0) is 11.2 Å². The normalized spacial score (nSPS) is 20.1. The second-order valence-corrected chi connectivity index (χ2v) is 7.43. The summed E-state index contributed by atoms with van der Waals surface area (Å²) in [5.41, 5.74) is 3.99. The molecule has 28 heavy (non-hydrogen) atoms. The molecule has 0 radical (unpaired) electrons. The number of anilines is 1. The number of halogens is 1. The summed E-state index contributed by atoms with van der Waals surface area (Å²) in [4.78, 5) is 13.6. The average Bonchev–Trinajstić information content (AvgIpc) is 3.10. The third kappa shape index (κ3) is 4.30. The quantitative estimate of drug-likeness (QED) is 0.856. The zero-order valence-corrected chi connectivity index (χ0v) is 16.7. The van der Waals surface area contributed by atoms with E-state index in [4.69, 9.17) is 4.74 Å². The fraction of sp³-hybridized carbons (Fsp3) is 0.364. The molecular formula is C22H24ClN3O2. The van der Waals surface area contributed by atoms with Gasteiger partial charge in [0.1, 0.15) is 5.75 Å². The summed E-state index contributed by atoms with van der Waals surface area (Å²) < 4.78 is 5.92. The number of nitrogens with zero attached hydrogens (tertiary/aromatic N) is 2. The maximum Gasteiger partial charge on any atom is 0.221 e. The van der Waals surface area contributed by atoms with Crippen LogP contribution in [0.25, 0.3) is 0 Å². The van der Waals surface area contributed by atoms with Crippen molar-refractivity contribution in [1.29, 1.82) is 5.26 Å². The number of carbonyl (C=O) groups is 1. The highest BCUT2D eigenvalue weighted by Gasteiger charge is 2.38. The SMILES string of the molecule is CC(=O)Nc1ccc(CCN2C[C@@H]3COc4ccc(C#N)cc4[C@H]3C2)cc1.Cl. The Bertz CT molecular complexity index is 892. The predicted molar refractivity (Wildman–Crippen MR) is 111 cm³/mol. The highest BCUT2D eigenvalue weighted by molar-refractivity contribution is 5.88. The first-order valence-electron chi connectivity index (χ1n) is 9.38. The molecule has 0 saturated carbocycles. The molecule has 2 aliphatic rings. The number of carbonyl (C=O) groups excluding carboxylic acids is 1. The molecule has 2 aliphatic heterocycles. The van der Waals surface area contributed by atoms with Gasteiger partial charge in [-0.05, 0) is 42.3 Å². The van der Waals surface area contributed by atoms with Crippen LogP contribution < -0.4 is 10.1 Å². The van der Waals surface area contributed by atoms with Crippen LogP contribution in [-0.4, -0.2) is 37.0 Å². The van der Waals surface area contributed by atoms with E-state index in [-0.39, 0.29) is 18.3 Å². The molecule has 2 aromatic carbocycles. The number of hydrogen-bond acceptors (Lipinski definition) is 4. The van der Waals surface area contributed by atoms with Crippen molar-refractivity contribution in [2.24, 2.45) is 5.92 Å². The minimum atomic E-state index is -0.0514. The van der Waals surface area contributed by atoms with Crippen LogP contribution in [0.1, 0.15) is 29.5 Å². The average molecular weight is 398 g/mol. The molecule has 0 aromatic heterocycles. The van der Waals surface area contributed by atoms with Gasteiger partial charge in [-0.15, -0.1) is 12.4 Å². The van der Waals surface area contributed by atoms with E-state index in [1.54, 1.807) is 0 Å². The van der Waals surface area contributed by atoms with E-state index in [1.807, 2.05) is 30.3 Å². The van der Waals surface area contributed by atoms with E-state index in [1.165, 1.54) is 18.1 Å². The van der Waals surface area contributed by atoms with Crippen molar-refractivity contribution in [1.82, 2.24) is 4.90 Å². The molecule has 6 heteroatoms. The second-order valence-electron chi connectivity index (χ2n) is 7.43. The number of nitriles is 1. The van der Waals surface area contributed by atoms with Crippen molar-refractivity contribution < 1.29 is 9.53 Å². The van der Waals surface area contributed by atoms with Crippen LogP contribution in [0.15, 0.2) is 42.5 Å². The van der Waals surface area contributed by atoms with Crippen LogP contribution in [0.3, 0.4) is 0 Å².